The lowest BCUT2D eigenvalue weighted by Gasteiger charge is -2.25. The van der Waals surface area contributed by atoms with E-state index in [1.54, 1.807) is 0 Å². The molecule has 0 aliphatic heterocycles. The van der Waals surface area contributed by atoms with E-state index in [9.17, 15) is 0 Å². The van der Waals surface area contributed by atoms with Crippen LogP contribution < -0.4 is 10.2 Å². The largest absolute Gasteiger partial charge is 0.407 e. The van der Waals surface area contributed by atoms with Gasteiger partial charge in [-0.3, -0.25) is 0 Å². The van der Waals surface area contributed by atoms with Gasteiger partial charge in [0.2, 0.25) is 5.89 Å². The Bertz CT molecular complexity index is 459. The summed E-state index contributed by atoms with van der Waals surface area (Å²) in [4.78, 5) is 2.14. The van der Waals surface area contributed by atoms with Crippen molar-refractivity contribution in [3.63, 3.8) is 0 Å². The van der Waals surface area contributed by atoms with Crippen LogP contribution in [0.15, 0.2) is 4.42 Å². The lowest BCUT2D eigenvalue weighted by molar-refractivity contribution is 0.331. The van der Waals surface area contributed by atoms with E-state index in [0.717, 1.165) is 30.8 Å². The molecule has 3 rings (SSSR count). The van der Waals surface area contributed by atoms with Gasteiger partial charge in [-0.25, -0.2) is 0 Å². The molecule has 21 heavy (non-hydrogen) atoms. The number of hydrogen-bond donors (Lipinski definition) is 1. The Kier molecular flexibility index (Phi) is 4.48. The molecule has 1 heterocycles. The summed E-state index contributed by atoms with van der Waals surface area (Å²) in [6.45, 7) is 7.07. The van der Waals surface area contributed by atoms with Gasteiger partial charge in [0, 0.05) is 13.6 Å². The summed E-state index contributed by atoms with van der Waals surface area (Å²) in [5.41, 5.74) is 0. The van der Waals surface area contributed by atoms with Crippen molar-refractivity contribution in [2.45, 2.75) is 46.1 Å². The summed E-state index contributed by atoms with van der Waals surface area (Å²) in [6.07, 6.45) is 5.73. The van der Waals surface area contributed by atoms with Crippen LogP contribution in [-0.2, 0) is 6.54 Å². The van der Waals surface area contributed by atoms with Crippen LogP contribution >= 0.6 is 0 Å². The molecule has 0 aromatic carbocycles. The maximum Gasteiger partial charge on any atom is 0.317 e. The first-order chi connectivity index (χ1) is 10.1. The van der Waals surface area contributed by atoms with Crippen molar-refractivity contribution < 1.29 is 4.42 Å². The van der Waals surface area contributed by atoms with Gasteiger partial charge < -0.3 is 14.6 Å². The maximum atomic E-state index is 5.76. The molecule has 2 saturated carbocycles. The molecule has 2 aliphatic carbocycles. The minimum absolute atomic E-state index is 0.632. The van der Waals surface area contributed by atoms with Gasteiger partial charge in [-0.05, 0) is 49.5 Å². The second kappa shape index (κ2) is 6.34. The average molecular weight is 292 g/mol. The zero-order valence-corrected chi connectivity index (χ0v) is 13.5. The molecule has 2 aliphatic rings. The van der Waals surface area contributed by atoms with E-state index < -0.39 is 0 Å². The number of hydrogen-bond acceptors (Lipinski definition) is 5. The van der Waals surface area contributed by atoms with E-state index in [2.05, 4.69) is 41.3 Å². The highest BCUT2D eigenvalue weighted by atomic mass is 16.4. The van der Waals surface area contributed by atoms with Crippen molar-refractivity contribution in [1.29, 1.82) is 0 Å². The number of anilines is 1. The first kappa shape index (κ1) is 14.8. The Morgan fingerprint density at radius 2 is 2.14 bits per heavy atom. The summed E-state index contributed by atoms with van der Waals surface area (Å²) in [6, 6.07) is 0.666. The van der Waals surface area contributed by atoms with E-state index in [1.807, 2.05) is 0 Å². The molecule has 2 fully saturated rings. The molecule has 118 valence electrons. The van der Waals surface area contributed by atoms with E-state index in [-0.39, 0.29) is 0 Å². The van der Waals surface area contributed by atoms with Crippen LogP contribution in [-0.4, -0.2) is 30.3 Å². The van der Waals surface area contributed by atoms with Gasteiger partial charge >= 0.3 is 6.01 Å². The normalized spacial score (nSPS) is 27.7. The summed E-state index contributed by atoms with van der Waals surface area (Å²) >= 11 is 0. The van der Waals surface area contributed by atoms with Crippen molar-refractivity contribution in [2.75, 3.05) is 25.0 Å². The van der Waals surface area contributed by atoms with Crippen LogP contribution in [0.5, 0.6) is 0 Å². The highest BCUT2D eigenvalue weighted by Gasteiger charge is 2.40. The monoisotopic (exact) mass is 292 g/mol. The Morgan fingerprint density at radius 3 is 2.81 bits per heavy atom. The Morgan fingerprint density at radius 1 is 1.29 bits per heavy atom. The predicted octanol–water partition coefficient (Wildman–Crippen LogP) is 2.69. The minimum Gasteiger partial charge on any atom is -0.407 e. The second-order valence-electron chi connectivity index (χ2n) is 7.32. The fraction of sp³-hybridized carbons (Fsp3) is 0.875. The first-order valence-electron chi connectivity index (χ1n) is 8.36. The number of nitrogens with one attached hydrogen (secondary N) is 1. The lowest BCUT2D eigenvalue weighted by Crippen LogP contribution is -2.28. The van der Waals surface area contributed by atoms with Gasteiger partial charge in [-0.1, -0.05) is 25.4 Å². The molecule has 0 amide bonds. The quantitative estimate of drug-likeness (QED) is 0.837. The summed E-state index contributed by atoms with van der Waals surface area (Å²) in [7, 11) is 2.07. The average Bonchev–Trinajstić information content (AvgIpc) is 3.13. The van der Waals surface area contributed by atoms with E-state index >= 15 is 0 Å². The molecule has 0 spiro atoms. The van der Waals surface area contributed by atoms with Gasteiger partial charge in [0.1, 0.15) is 0 Å². The standard InChI is InChI=1S/C16H28N4O/c1-11(2)8-17-9-15-18-19-16(21-15)20(3)10-14-7-12-4-5-13(14)6-12/h11-14,17H,4-10H2,1-3H3. The number of rotatable bonds is 7. The highest BCUT2D eigenvalue weighted by Crippen LogP contribution is 2.48. The third kappa shape index (κ3) is 3.57. The molecular formula is C16H28N4O. The number of aromatic nitrogens is 2. The summed E-state index contributed by atoms with van der Waals surface area (Å²) in [5.74, 6) is 4.07. The second-order valence-corrected chi connectivity index (χ2v) is 7.32. The Balaban J connectivity index is 1.48. The van der Waals surface area contributed by atoms with Crippen molar-refractivity contribution in [3.8, 4) is 0 Å². The third-order valence-corrected chi connectivity index (χ3v) is 5.00. The number of fused-ring (bicyclic) bond motifs is 2. The van der Waals surface area contributed by atoms with Gasteiger partial charge in [0.05, 0.1) is 6.54 Å². The molecule has 1 aromatic heterocycles. The van der Waals surface area contributed by atoms with Crippen LogP contribution in [0.25, 0.3) is 0 Å². The van der Waals surface area contributed by atoms with Crippen molar-refractivity contribution in [1.82, 2.24) is 15.5 Å². The smallest absolute Gasteiger partial charge is 0.317 e. The molecule has 5 heteroatoms. The van der Waals surface area contributed by atoms with E-state index in [4.69, 9.17) is 4.42 Å². The molecular weight excluding hydrogens is 264 g/mol. The van der Waals surface area contributed by atoms with Crippen molar-refractivity contribution >= 4 is 6.01 Å². The van der Waals surface area contributed by atoms with Crippen LogP contribution in [0, 0.1) is 23.7 Å². The topological polar surface area (TPSA) is 54.2 Å². The van der Waals surface area contributed by atoms with Gasteiger partial charge in [0.25, 0.3) is 0 Å². The van der Waals surface area contributed by atoms with Crippen LogP contribution in [0.2, 0.25) is 0 Å². The molecule has 0 saturated heterocycles. The van der Waals surface area contributed by atoms with Crippen LogP contribution in [0.4, 0.5) is 6.01 Å². The Hall–Kier alpha value is -1.10. The fourth-order valence-electron chi connectivity index (χ4n) is 3.97. The Labute approximate surface area is 127 Å². The summed E-state index contributed by atoms with van der Waals surface area (Å²) in [5, 5.41) is 11.7. The van der Waals surface area contributed by atoms with E-state index in [1.165, 1.54) is 25.7 Å². The maximum absolute atomic E-state index is 5.76. The lowest BCUT2D eigenvalue weighted by atomic mass is 9.88. The van der Waals surface area contributed by atoms with E-state index in [0.29, 0.717) is 24.4 Å². The third-order valence-electron chi connectivity index (χ3n) is 5.00. The van der Waals surface area contributed by atoms with Gasteiger partial charge in [-0.2, -0.15) is 0 Å². The van der Waals surface area contributed by atoms with Gasteiger partial charge in [0.15, 0.2) is 0 Å². The SMILES string of the molecule is CC(C)CNCc1nnc(N(C)CC2CC3CCC2C3)o1. The number of nitrogens with zero attached hydrogens (tertiary/aromatic N) is 3. The first-order valence-corrected chi connectivity index (χ1v) is 8.36. The van der Waals surface area contributed by atoms with Crippen molar-refractivity contribution in [2.24, 2.45) is 23.7 Å². The highest BCUT2D eigenvalue weighted by molar-refractivity contribution is 5.22. The van der Waals surface area contributed by atoms with Crippen LogP contribution in [0.1, 0.15) is 45.4 Å². The minimum atomic E-state index is 0.632. The van der Waals surface area contributed by atoms with Crippen LogP contribution in [0.3, 0.4) is 0 Å². The zero-order valence-electron chi connectivity index (χ0n) is 13.5. The molecule has 1 N–H and O–H groups in total. The molecule has 5 nitrogen and oxygen atoms in total. The molecule has 0 radical (unpaired) electrons. The molecule has 3 atom stereocenters. The fourth-order valence-corrected chi connectivity index (χ4v) is 3.97. The van der Waals surface area contributed by atoms with Gasteiger partial charge in [-0.15, -0.1) is 5.10 Å². The van der Waals surface area contributed by atoms with Crippen molar-refractivity contribution in [3.05, 3.63) is 5.89 Å². The summed E-state index contributed by atoms with van der Waals surface area (Å²) < 4.78 is 5.76. The predicted molar refractivity (Wildman–Crippen MR) is 83.1 cm³/mol. The molecule has 2 bridgehead atoms. The zero-order chi connectivity index (χ0) is 14.8. The molecule has 1 aromatic rings. The molecule has 3 unspecified atom stereocenters.